The van der Waals surface area contributed by atoms with E-state index in [1.165, 1.54) is 12.4 Å². The van der Waals surface area contributed by atoms with Crippen molar-refractivity contribution >= 4 is 24.2 Å². The van der Waals surface area contributed by atoms with Gasteiger partial charge in [-0.05, 0) is 11.1 Å². The van der Waals surface area contributed by atoms with E-state index in [-0.39, 0.29) is 6.42 Å². The van der Waals surface area contributed by atoms with Gasteiger partial charge in [0.15, 0.2) is 0 Å². The van der Waals surface area contributed by atoms with Crippen LogP contribution in [0, 0.1) is 0 Å². The van der Waals surface area contributed by atoms with Crippen LogP contribution in [0.1, 0.15) is 17.5 Å². The molecule has 0 bridgehead atoms. The minimum Gasteiger partial charge on any atom is -0.273 e. The van der Waals surface area contributed by atoms with Crippen LogP contribution >= 0.6 is 0 Å². The molecule has 2 aromatic carbocycles. The number of nitrogens with zero attached hydrogens (tertiary/aromatic N) is 2. The first kappa shape index (κ1) is 16.1. The molecule has 2 amide bonds. The van der Waals surface area contributed by atoms with Crippen molar-refractivity contribution in [2.75, 3.05) is 0 Å². The number of nitrogens with one attached hydrogen (secondary N) is 2. The lowest BCUT2D eigenvalue weighted by Crippen LogP contribution is -2.27. The Hall–Kier alpha value is -3.28. The van der Waals surface area contributed by atoms with E-state index in [0.717, 1.165) is 11.1 Å². The topological polar surface area (TPSA) is 82.9 Å². The van der Waals surface area contributed by atoms with Crippen molar-refractivity contribution in [1.29, 1.82) is 0 Å². The molecular weight excluding hydrogens is 292 g/mol. The van der Waals surface area contributed by atoms with Crippen molar-refractivity contribution < 1.29 is 9.59 Å². The molecule has 0 saturated carbocycles. The molecule has 6 heteroatoms. The van der Waals surface area contributed by atoms with Crippen molar-refractivity contribution in [1.82, 2.24) is 10.9 Å². The quantitative estimate of drug-likeness (QED) is 0.483. The average molecular weight is 308 g/mol. The van der Waals surface area contributed by atoms with Gasteiger partial charge in [0.05, 0.1) is 12.4 Å². The van der Waals surface area contributed by atoms with Crippen LogP contribution in [0.3, 0.4) is 0 Å². The summed E-state index contributed by atoms with van der Waals surface area (Å²) >= 11 is 0. The number of rotatable bonds is 6. The zero-order chi connectivity index (χ0) is 16.3. The maximum atomic E-state index is 11.5. The van der Waals surface area contributed by atoms with Crippen LogP contribution in [0.25, 0.3) is 0 Å². The number of amides is 2. The molecule has 0 spiro atoms. The van der Waals surface area contributed by atoms with Crippen LogP contribution in [0.5, 0.6) is 0 Å². The third-order valence-corrected chi connectivity index (χ3v) is 2.73. The first-order chi connectivity index (χ1) is 11.2. The standard InChI is InChI=1S/C17H16N4O2/c22-16(20-18-12-14-7-3-1-4-8-14)11-17(23)21-19-13-15-9-5-2-6-10-15/h1-10,12-13H,11H2,(H,20,22)(H,21,23)/b18-12+,19-13+. The van der Waals surface area contributed by atoms with E-state index in [0.29, 0.717) is 0 Å². The Bertz CT molecular complexity index is 636. The van der Waals surface area contributed by atoms with Gasteiger partial charge in [0, 0.05) is 0 Å². The molecule has 0 aliphatic heterocycles. The number of hydrazone groups is 2. The van der Waals surface area contributed by atoms with Crippen molar-refractivity contribution in [2.45, 2.75) is 6.42 Å². The molecule has 116 valence electrons. The van der Waals surface area contributed by atoms with Crippen LogP contribution in [-0.2, 0) is 9.59 Å². The Morgan fingerprint density at radius 2 is 1.13 bits per heavy atom. The van der Waals surface area contributed by atoms with Crippen molar-refractivity contribution in [2.24, 2.45) is 10.2 Å². The predicted octanol–water partition coefficient (Wildman–Crippen LogP) is 1.68. The largest absolute Gasteiger partial charge is 0.273 e. The minimum absolute atomic E-state index is 0.349. The number of carbonyl (C=O) groups excluding carboxylic acids is 2. The predicted molar refractivity (Wildman–Crippen MR) is 89.0 cm³/mol. The highest BCUT2D eigenvalue weighted by molar-refractivity contribution is 5.97. The second-order valence-electron chi connectivity index (χ2n) is 4.58. The second-order valence-corrected chi connectivity index (χ2v) is 4.58. The first-order valence-electron chi connectivity index (χ1n) is 6.98. The maximum Gasteiger partial charge on any atom is 0.249 e. The van der Waals surface area contributed by atoms with Crippen molar-refractivity contribution in [3.05, 3.63) is 71.8 Å². The molecule has 0 unspecified atom stereocenters. The summed E-state index contributed by atoms with van der Waals surface area (Å²) in [6.45, 7) is 0. The number of carbonyl (C=O) groups is 2. The summed E-state index contributed by atoms with van der Waals surface area (Å²) in [6, 6.07) is 18.6. The van der Waals surface area contributed by atoms with Gasteiger partial charge in [0.2, 0.25) is 11.8 Å². The average Bonchev–Trinajstić information content (AvgIpc) is 2.57. The molecule has 0 fully saturated rings. The first-order valence-corrected chi connectivity index (χ1v) is 6.98. The molecule has 2 N–H and O–H groups in total. The minimum atomic E-state index is -0.510. The summed E-state index contributed by atoms with van der Waals surface area (Å²) in [5, 5.41) is 7.56. The Morgan fingerprint density at radius 3 is 1.52 bits per heavy atom. The lowest BCUT2D eigenvalue weighted by molar-refractivity contribution is -0.129. The summed E-state index contributed by atoms with van der Waals surface area (Å²) in [5.74, 6) is -1.02. The number of hydrogen-bond acceptors (Lipinski definition) is 4. The fraction of sp³-hybridized carbons (Fsp3) is 0.0588. The Kier molecular flexibility index (Phi) is 6.22. The monoisotopic (exact) mass is 308 g/mol. The third kappa shape index (κ3) is 6.34. The van der Waals surface area contributed by atoms with Gasteiger partial charge in [-0.25, -0.2) is 10.9 Å². The van der Waals surface area contributed by atoms with Gasteiger partial charge in [0.25, 0.3) is 0 Å². The molecule has 0 atom stereocenters. The van der Waals surface area contributed by atoms with E-state index in [1.54, 1.807) is 0 Å². The molecule has 0 saturated heterocycles. The van der Waals surface area contributed by atoms with Gasteiger partial charge in [0.1, 0.15) is 6.42 Å². The van der Waals surface area contributed by atoms with E-state index in [4.69, 9.17) is 0 Å². The van der Waals surface area contributed by atoms with E-state index >= 15 is 0 Å². The maximum absolute atomic E-state index is 11.5. The zero-order valence-electron chi connectivity index (χ0n) is 12.3. The summed E-state index contributed by atoms with van der Waals surface area (Å²) in [6.07, 6.45) is 2.66. The SMILES string of the molecule is O=C(CC(=O)N/N=C/c1ccccc1)N/N=C/c1ccccc1. The number of benzene rings is 2. The molecule has 0 aliphatic rings. The molecule has 0 aromatic heterocycles. The van der Waals surface area contributed by atoms with E-state index in [2.05, 4.69) is 21.1 Å². The smallest absolute Gasteiger partial charge is 0.249 e. The highest BCUT2D eigenvalue weighted by Gasteiger charge is 2.07. The van der Waals surface area contributed by atoms with E-state index in [9.17, 15) is 9.59 Å². The molecule has 2 rings (SSSR count). The van der Waals surface area contributed by atoms with Gasteiger partial charge in [-0.3, -0.25) is 9.59 Å². The van der Waals surface area contributed by atoms with Crippen molar-refractivity contribution in [3.8, 4) is 0 Å². The molecule has 0 heterocycles. The lowest BCUT2D eigenvalue weighted by atomic mass is 10.2. The molecule has 6 nitrogen and oxygen atoms in total. The van der Waals surface area contributed by atoms with Crippen LogP contribution in [0.15, 0.2) is 70.9 Å². The zero-order valence-corrected chi connectivity index (χ0v) is 12.3. The summed E-state index contributed by atoms with van der Waals surface area (Å²) < 4.78 is 0. The third-order valence-electron chi connectivity index (χ3n) is 2.73. The Balaban J connectivity index is 1.71. The fourth-order valence-corrected chi connectivity index (χ4v) is 1.66. The van der Waals surface area contributed by atoms with E-state index in [1.807, 2.05) is 60.7 Å². The number of hydrogen-bond donors (Lipinski definition) is 2. The van der Waals surface area contributed by atoms with Crippen LogP contribution < -0.4 is 10.9 Å². The van der Waals surface area contributed by atoms with Gasteiger partial charge < -0.3 is 0 Å². The Morgan fingerprint density at radius 1 is 0.739 bits per heavy atom. The van der Waals surface area contributed by atoms with Gasteiger partial charge in [-0.15, -0.1) is 0 Å². The van der Waals surface area contributed by atoms with Gasteiger partial charge in [-0.2, -0.15) is 10.2 Å². The second kappa shape index (κ2) is 8.89. The van der Waals surface area contributed by atoms with E-state index < -0.39 is 11.8 Å². The van der Waals surface area contributed by atoms with Crippen LogP contribution in [-0.4, -0.2) is 24.2 Å². The van der Waals surface area contributed by atoms with Crippen LogP contribution in [0.2, 0.25) is 0 Å². The molecule has 23 heavy (non-hydrogen) atoms. The van der Waals surface area contributed by atoms with Crippen molar-refractivity contribution in [3.63, 3.8) is 0 Å². The Labute approximate surface area is 133 Å². The summed E-state index contributed by atoms with van der Waals surface area (Å²) in [5.41, 5.74) is 6.28. The van der Waals surface area contributed by atoms with Crippen LogP contribution in [0.4, 0.5) is 0 Å². The normalized spacial score (nSPS) is 10.8. The lowest BCUT2D eigenvalue weighted by Gasteiger charge is -1.99. The molecular formula is C17H16N4O2. The molecule has 2 aromatic rings. The highest BCUT2D eigenvalue weighted by atomic mass is 16.2. The van der Waals surface area contributed by atoms with Gasteiger partial charge >= 0.3 is 0 Å². The molecule has 0 radical (unpaired) electrons. The van der Waals surface area contributed by atoms with Gasteiger partial charge in [-0.1, -0.05) is 60.7 Å². The summed E-state index contributed by atoms with van der Waals surface area (Å²) in [7, 11) is 0. The highest BCUT2D eigenvalue weighted by Crippen LogP contribution is 1.94. The molecule has 0 aliphatic carbocycles. The fourth-order valence-electron chi connectivity index (χ4n) is 1.66. The summed E-state index contributed by atoms with van der Waals surface area (Å²) in [4.78, 5) is 23.1.